The van der Waals surface area contributed by atoms with Gasteiger partial charge in [0.1, 0.15) is 0 Å². The Kier molecular flexibility index (Phi) is 46.7. The van der Waals surface area contributed by atoms with E-state index in [4.69, 9.17) is 78.4 Å². The zero-order valence-electron chi connectivity index (χ0n) is 34.7. The summed E-state index contributed by atoms with van der Waals surface area (Å²) in [5, 5.41) is 61.9. The summed E-state index contributed by atoms with van der Waals surface area (Å²) in [6.07, 6.45) is 2.34. The molecule has 1 aliphatic rings. The molecule has 1 heterocycles. The minimum Gasteiger partial charge on any atom is -0.748 e. The van der Waals surface area contributed by atoms with Crippen molar-refractivity contribution in [3.63, 3.8) is 0 Å². The maximum Gasteiger partial charge on any atom is 1.00 e. The minimum absolute atomic E-state index is 0. The molecule has 0 spiro atoms. The largest absolute Gasteiger partial charge is 1.00 e. The van der Waals surface area contributed by atoms with Crippen molar-refractivity contribution in [1.29, 1.82) is 0 Å². The molecule has 0 amide bonds. The Balaban J connectivity index is -0.000000905. The Morgan fingerprint density at radius 2 is 0.780 bits per heavy atom. The zero-order valence-corrected chi connectivity index (χ0v) is 38.3. The summed E-state index contributed by atoms with van der Waals surface area (Å²) < 4.78 is 106. The van der Waals surface area contributed by atoms with Gasteiger partial charge in [0.25, 0.3) is 10.1 Å². The summed E-state index contributed by atoms with van der Waals surface area (Å²) in [6.45, 7) is 3.33. The molecule has 0 aromatic heterocycles. The van der Waals surface area contributed by atoms with Crippen LogP contribution in [0.1, 0.15) is 25.7 Å². The topological polar surface area (TPSA) is 325 Å². The molecule has 0 bridgehead atoms. The molecule has 0 saturated carbocycles. The van der Waals surface area contributed by atoms with Crippen LogP contribution in [0, 0.1) is 10.8 Å². The Morgan fingerprint density at radius 3 is 1.02 bits per heavy atom. The van der Waals surface area contributed by atoms with Crippen molar-refractivity contribution < 1.29 is 134 Å². The van der Waals surface area contributed by atoms with Crippen LogP contribution in [-0.4, -0.2) is 240 Å². The van der Waals surface area contributed by atoms with Gasteiger partial charge in [-0.1, -0.05) is 0 Å². The van der Waals surface area contributed by atoms with E-state index in [1.807, 2.05) is 0 Å². The van der Waals surface area contributed by atoms with Crippen LogP contribution < -0.4 is 29.6 Å². The first-order valence-electron chi connectivity index (χ1n) is 19.1. The predicted octanol–water partition coefficient (Wildman–Crippen LogP) is -6.50. The van der Waals surface area contributed by atoms with Gasteiger partial charge in [0.2, 0.25) is 0 Å². The van der Waals surface area contributed by atoms with Crippen molar-refractivity contribution in [3.8, 4) is 0 Å². The van der Waals surface area contributed by atoms with Gasteiger partial charge in [-0.25, -0.2) is 8.42 Å². The third-order valence-corrected chi connectivity index (χ3v) is 9.38. The van der Waals surface area contributed by atoms with E-state index in [0.717, 1.165) is 12.8 Å². The smallest absolute Gasteiger partial charge is 0.748 e. The molecule has 1 aliphatic heterocycles. The van der Waals surface area contributed by atoms with Gasteiger partial charge >= 0.3 is 29.6 Å². The molecule has 59 heavy (non-hydrogen) atoms. The van der Waals surface area contributed by atoms with Crippen LogP contribution in [-0.2, 0) is 67.1 Å². The molecular weight excluding hydrogens is 847 g/mol. The molecule has 0 aromatic carbocycles. The number of unbranched alkanes of at least 4 members (excludes halogenated alkanes) is 1. The van der Waals surface area contributed by atoms with E-state index < -0.39 is 36.8 Å². The van der Waals surface area contributed by atoms with Gasteiger partial charge in [-0.3, -0.25) is 4.18 Å². The van der Waals surface area contributed by atoms with Crippen LogP contribution in [0.15, 0.2) is 0 Å². The second kappa shape index (κ2) is 43.4. The molecule has 22 nitrogen and oxygen atoms in total. The fourth-order valence-corrected chi connectivity index (χ4v) is 6.19. The number of ether oxygens (including phenoxy) is 9. The van der Waals surface area contributed by atoms with E-state index in [0.29, 0.717) is 19.6 Å². The van der Waals surface area contributed by atoms with Gasteiger partial charge in [-0.15, -0.1) is 0 Å². The average molecular weight is 919 g/mol. The van der Waals surface area contributed by atoms with E-state index in [9.17, 15) is 21.4 Å². The number of aliphatic hydroxyl groups excluding tert-OH is 7. The Morgan fingerprint density at radius 1 is 0.475 bits per heavy atom. The summed E-state index contributed by atoms with van der Waals surface area (Å²) in [5.41, 5.74) is -1.32. The Hall–Kier alpha value is 0.180. The monoisotopic (exact) mass is 918 g/mol. The Labute approximate surface area is 371 Å². The number of hydrogen-bond acceptors (Lipinski definition) is 22. The van der Waals surface area contributed by atoms with Gasteiger partial charge in [0.15, 0.2) is 0 Å². The Bertz CT molecular complexity index is 1010. The molecule has 1 rings (SSSR count). The predicted molar refractivity (Wildman–Crippen MR) is 205 cm³/mol. The molecule has 0 atom stereocenters. The summed E-state index contributed by atoms with van der Waals surface area (Å²) in [7, 11) is -7.27. The van der Waals surface area contributed by atoms with Gasteiger partial charge in [-0.05, 0) is 25.7 Å². The molecule has 0 unspecified atom stereocenters. The molecule has 7 N–H and O–H groups in total. The fraction of sp³-hybridized carbons (Fsp3) is 1.00. The van der Waals surface area contributed by atoms with E-state index in [-0.39, 0.29) is 200 Å². The van der Waals surface area contributed by atoms with Gasteiger partial charge < -0.3 is 82.9 Å². The standard InChI is InChI=1S/C17H36O11S.C13H28O8.C4H8O3S.Na/c18-3-7-25-13-17(14-26-8-4-19,15-27-9-5-20)16-28-11-10-24-6-1-2-12-29(21,22)23;14-1-5-18-9-13(10-19-6-2-15,11-20-7-3-16)12-21-8-4-17;5-8(6)4-2-1-3-7-8;/h18-20H,1-16H2,(H,21,22,23);14-17H,1-12H2;1-4H2;/q;;;+1/p-1. The van der Waals surface area contributed by atoms with Crippen LogP contribution >= 0.6 is 0 Å². The molecule has 0 radical (unpaired) electrons. The summed E-state index contributed by atoms with van der Waals surface area (Å²) in [4.78, 5) is 0. The first-order valence-corrected chi connectivity index (χ1v) is 22.3. The average Bonchev–Trinajstić information content (AvgIpc) is 3.18. The van der Waals surface area contributed by atoms with Crippen molar-refractivity contribution in [2.75, 3.05) is 183 Å². The van der Waals surface area contributed by atoms with Gasteiger partial charge in [0, 0.05) is 12.4 Å². The van der Waals surface area contributed by atoms with Crippen molar-refractivity contribution >= 4 is 20.2 Å². The van der Waals surface area contributed by atoms with Crippen LogP contribution in [0.3, 0.4) is 0 Å². The van der Waals surface area contributed by atoms with E-state index >= 15 is 0 Å². The molecule has 0 aliphatic carbocycles. The number of hydrogen-bond donors (Lipinski definition) is 7. The molecule has 25 heteroatoms. The SMILES string of the molecule is O=S(=O)([O-])CCCCOCCOCC(COCCO)(COCCO)COCCO.O=S1(=O)CCCCO1.OCCOCC(COCCO)(COCCO)COCCO.[Na+]. The molecule has 352 valence electrons. The van der Waals surface area contributed by atoms with Crippen LogP contribution in [0.2, 0.25) is 0 Å². The van der Waals surface area contributed by atoms with Crippen LogP contribution in [0.4, 0.5) is 0 Å². The summed E-state index contributed by atoms with van der Waals surface area (Å²) in [5.74, 6) is -0.197. The normalized spacial score (nSPS) is 14.2. The molecule has 1 saturated heterocycles. The first-order chi connectivity index (χ1) is 27.8. The third kappa shape index (κ3) is 41.9. The van der Waals surface area contributed by atoms with Gasteiger partial charge in [-0.2, -0.15) is 8.42 Å². The maximum atomic E-state index is 10.5. The molecule has 0 aromatic rings. The van der Waals surface area contributed by atoms with Crippen molar-refractivity contribution in [1.82, 2.24) is 0 Å². The van der Waals surface area contributed by atoms with E-state index in [2.05, 4.69) is 4.18 Å². The van der Waals surface area contributed by atoms with Crippen LogP contribution in [0.5, 0.6) is 0 Å². The van der Waals surface area contributed by atoms with Gasteiger partial charge in [0.05, 0.1) is 192 Å². The first kappa shape index (κ1) is 63.5. The quantitative estimate of drug-likeness (QED) is 0.0131. The van der Waals surface area contributed by atoms with E-state index in [1.165, 1.54) is 0 Å². The molecule has 1 fully saturated rings. The fourth-order valence-electron chi connectivity index (χ4n) is 4.59. The second-order valence-corrected chi connectivity index (χ2v) is 16.1. The van der Waals surface area contributed by atoms with Crippen molar-refractivity contribution in [3.05, 3.63) is 0 Å². The summed E-state index contributed by atoms with van der Waals surface area (Å²) in [6, 6.07) is 0. The number of rotatable bonds is 38. The zero-order chi connectivity index (χ0) is 43.7. The summed E-state index contributed by atoms with van der Waals surface area (Å²) >= 11 is 0. The number of aliphatic hydroxyl groups is 7. The second-order valence-electron chi connectivity index (χ2n) is 12.9. The van der Waals surface area contributed by atoms with E-state index in [1.54, 1.807) is 0 Å². The molecular formula is C34H71NaO22S2. The third-order valence-electron chi connectivity index (χ3n) is 7.27. The van der Waals surface area contributed by atoms with Crippen LogP contribution in [0.25, 0.3) is 0 Å². The minimum atomic E-state index is -4.18. The van der Waals surface area contributed by atoms with Crippen molar-refractivity contribution in [2.24, 2.45) is 10.8 Å². The maximum absolute atomic E-state index is 10.5. The van der Waals surface area contributed by atoms with Crippen molar-refractivity contribution in [2.45, 2.75) is 25.7 Å².